The zero-order chi connectivity index (χ0) is 9.97. The van der Waals surface area contributed by atoms with Crippen molar-refractivity contribution in [3.8, 4) is 9.88 Å². The summed E-state index contributed by atoms with van der Waals surface area (Å²) < 4.78 is 0.861. The third-order valence-corrected chi connectivity index (χ3v) is 4.79. The number of aliphatic hydroxyl groups excluding tert-OH is 1. The molecule has 2 nitrogen and oxygen atoms in total. The van der Waals surface area contributed by atoms with Gasteiger partial charge in [0, 0.05) is 17.9 Å². The van der Waals surface area contributed by atoms with Crippen molar-refractivity contribution in [2.75, 3.05) is 6.61 Å². The second kappa shape index (κ2) is 4.53. The highest BCUT2D eigenvalue weighted by atomic mass is 79.9. The van der Waals surface area contributed by atoms with E-state index in [-0.39, 0.29) is 6.61 Å². The molecule has 0 aliphatic heterocycles. The fourth-order valence-electron chi connectivity index (χ4n) is 1.09. The highest BCUT2D eigenvalue weighted by molar-refractivity contribution is 9.10. The molecule has 0 radical (unpaired) electrons. The minimum Gasteiger partial charge on any atom is -0.396 e. The summed E-state index contributed by atoms with van der Waals surface area (Å²) in [5.74, 6) is 0. The molecule has 0 bridgehead atoms. The van der Waals surface area contributed by atoms with E-state index in [9.17, 15) is 0 Å². The number of rotatable bonds is 3. The average molecular weight is 290 g/mol. The van der Waals surface area contributed by atoms with Crippen molar-refractivity contribution in [1.82, 2.24) is 4.98 Å². The fourth-order valence-corrected chi connectivity index (χ4v) is 3.57. The molecular weight excluding hydrogens is 282 g/mol. The molecule has 2 rings (SSSR count). The molecule has 0 unspecified atom stereocenters. The van der Waals surface area contributed by atoms with Gasteiger partial charge in [0.1, 0.15) is 9.61 Å². The van der Waals surface area contributed by atoms with Gasteiger partial charge in [-0.05, 0) is 27.4 Å². The molecule has 0 amide bonds. The smallest absolute Gasteiger partial charge is 0.134 e. The van der Waals surface area contributed by atoms with Crippen molar-refractivity contribution in [2.24, 2.45) is 0 Å². The highest BCUT2D eigenvalue weighted by Gasteiger charge is 2.10. The number of halogens is 1. The topological polar surface area (TPSA) is 33.1 Å². The zero-order valence-corrected chi connectivity index (χ0v) is 10.5. The van der Waals surface area contributed by atoms with Crippen LogP contribution >= 0.6 is 38.6 Å². The molecule has 1 N–H and O–H groups in total. The predicted molar refractivity (Wildman–Crippen MR) is 63.9 cm³/mol. The van der Waals surface area contributed by atoms with E-state index in [0.29, 0.717) is 6.42 Å². The summed E-state index contributed by atoms with van der Waals surface area (Å²) in [5.41, 5.74) is 0. The minimum absolute atomic E-state index is 0.171. The lowest BCUT2D eigenvalue weighted by Gasteiger charge is -1.89. The standard InChI is InChI=1S/C9H8BrNOS2/c10-8-6(3-4-12)14-9(11-8)7-2-1-5-13-7/h1-2,5,12H,3-4H2. The van der Waals surface area contributed by atoms with Crippen LogP contribution in [0.5, 0.6) is 0 Å². The van der Waals surface area contributed by atoms with Crippen molar-refractivity contribution in [3.05, 3.63) is 27.0 Å². The molecule has 0 aliphatic rings. The monoisotopic (exact) mass is 289 g/mol. The van der Waals surface area contributed by atoms with Gasteiger partial charge in [-0.2, -0.15) is 0 Å². The van der Waals surface area contributed by atoms with Crippen molar-refractivity contribution in [3.63, 3.8) is 0 Å². The van der Waals surface area contributed by atoms with Gasteiger partial charge in [0.25, 0.3) is 0 Å². The van der Waals surface area contributed by atoms with Crippen molar-refractivity contribution < 1.29 is 5.11 Å². The summed E-state index contributed by atoms with van der Waals surface area (Å²) in [7, 11) is 0. The molecule has 0 spiro atoms. The summed E-state index contributed by atoms with van der Waals surface area (Å²) in [6.45, 7) is 0.171. The Morgan fingerprint density at radius 2 is 2.36 bits per heavy atom. The van der Waals surface area contributed by atoms with Gasteiger partial charge in [-0.25, -0.2) is 4.98 Å². The first-order valence-electron chi connectivity index (χ1n) is 4.11. The maximum absolute atomic E-state index is 8.84. The highest BCUT2D eigenvalue weighted by Crippen LogP contribution is 2.33. The Kier molecular flexibility index (Phi) is 3.33. The number of hydrogen-bond donors (Lipinski definition) is 1. The van der Waals surface area contributed by atoms with Gasteiger partial charge >= 0.3 is 0 Å². The van der Waals surface area contributed by atoms with Crippen LogP contribution in [0.3, 0.4) is 0 Å². The van der Waals surface area contributed by atoms with Crippen LogP contribution in [0.15, 0.2) is 22.1 Å². The molecule has 2 aromatic heterocycles. The molecule has 0 fully saturated rings. The van der Waals surface area contributed by atoms with Gasteiger partial charge in [0.05, 0.1) is 4.88 Å². The number of aromatic nitrogens is 1. The van der Waals surface area contributed by atoms with E-state index in [0.717, 1.165) is 14.5 Å². The number of nitrogens with zero attached hydrogens (tertiary/aromatic N) is 1. The number of aliphatic hydroxyl groups is 1. The lowest BCUT2D eigenvalue weighted by Crippen LogP contribution is -1.86. The van der Waals surface area contributed by atoms with Crippen LogP contribution in [-0.2, 0) is 6.42 Å². The Morgan fingerprint density at radius 3 is 3.00 bits per heavy atom. The average Bonchev–Trinajstić information content (AvgIpc) is 2.76. The second-order valence-corrected chi connectivity index (χ2v) is 5.47. The SMILES string of the molecule is OCCc1sc(-c2cccs2)nc1Br. The van der Waals surface area contributed by atoms with Gasteiger partial charge in [0.15, 0.2) is 0 Å². The van der Waals surface area contributed by atoms with Crippen molar-refractivity contribution in [1.29, 1.82) is 0 Å². The van der Waals surface area contributed by atoms with E-state index in [1.165, 1.54) is 4.88 Å². The normalized spacial score (nSPS) is 10.7. The van der Waals surface area contributed by atoms with Crippen LogP contribution in [0.1, 0.15) is 4.88 Å². The van der Waals surface area contributed by atoms with E-state index < -0.39 is 0 Å². The molecule has 5 heteroatoms. The Bertz CT molecular complexity index is 410. The Labute approximate surface area is 98.4 Å². The molecule has 74 valence electrons. The van der Waals surface area contributed by atoms with Crippen LogP contribution in [0, 0.1) is 0 Å². The van der Waals surface area contributed by atoms with Crippen LogP contribution in [0.4, 0.5) is 0 Å². The second-order valence-electron chi connectivity index (χ2n) is 2.68. The Hall–Kier alpha value is -0.230. The lowest BCUT2D eigenvalue weighted by molar-refractivity contribution is 0.300. The number of hydrogen-bond acceptors (Lipinski definition) is 4. The lowest BCUT2D eigenvalue weighted by atomic mass is 10.4. The van der Waals surface area contributed by atoms with E-state index >= 15 is 0 Å². The molecule has 2 aromatic rings. The molecule has 2 heterocycles. The summed E-state index contributed by atoms with van der Waals surface area (Å²) in [4.78, 5) is 6.69. The summed E-state index contributed by atoms with van der Waals surface area (Å²) >= 11 is 6.71. The summed E-state index contributed by atoms with van der Waals surface area (Å²) in [6.07, 6.45) is 0.670. The van der Waals surface area contributed by atoms with Gasteiger partial charge < -0.3 is 5.11 Å². The van der Waals surface area contributed by atoms with Gasteiger partial charge in [-0.15, -0.1) is 22.7 Å². The maximum Gasteiger partial charge on any atom is 0.134 e. The molecule has 14 heavy (non-hydrogen) atoms. The molecular formula is C9H8BrNOS2. The predicted octanol–water partition coefficient (Wildman–Crippen LogP) is 3.17. The van der Waals surface area contributed by atoms with Crippen LogP contribution < -0.4 is 0 Å². The van der Waals surface area contributed by atoms with Crippen molar-refractivity contribution >= 4 is 38.6 Å². The van der Waals surface area contributed by atoms with Crippen LogP contribution in [-0.4, -0.2) is 16.7 Å². The first kappa shape index (κ1) is 10.3. The quantitative estimate of drug-likeness (QED) is 0.942. The maximum atomic E-state index is 8.84. The Morgan fingerprint density at radius 1 is 1.50 bits per heavy atom. The van der Waals surface area contributed by atoms with Crippen LogP contribution in [0.2, 0.25) is 0 Å². The van der Waals surface area contributed by atoms with Gasteiger partial charge in [0.2, 0.25) is 0 Å². The molecule has 0 atom stereocenters. The number of thiophene rings is 1. The van der Waals surface area contributed by atoms with E-state index in [2.05, 4.69) is 27.0 Å². The molecule has 0 saturated heterocycles. The van der Waals surface area contributed by atoms with Gasteiger partial charge in [-0.3, -0.25) is 0 Å². The number of thiazole rings is 1. The van der Waals surface area contributed by atoms with E-state index in [1.54, 1.807) is 22.7 Å². The minimum atomic E-state index is 0.171. The summed E-state index contributed by atoms with van der Waals surface area (Å²) in [6, 6.07) is 4.07. The first-order chi connectivity index (χ1) is 6.81. The third-order valence-electron chi connectivity index (χ3n) is 1.72. The summed E-state index contributed by atoms with van der Waals surface area (Å²) in [5, 5.41) is 11.9. The fraction of sp³-hybridized carbons (Fsp3) is 0.222. The molecule has 0 aromatic carbocycles. The molecule has 0 aliphatic carbocycles. The van der Waals surface area contributed by atoms with Gasteiger partial charge in [-0.1, -0.05) is 6.07 Å². The van der Waals surface area contributed by atoms with E-state index in [1.807, 2.05) is 11.4 Å². The van der Waals surface area contributed by atoms with E-state index in [4.69, 9.17) is 5.11 Å². The first-order valence-corrected chi connectivity index (χ1v) is 6.60. The largest absolute Gasteiger partial charge is 0.396 e. The zero-order valence-electron chi connectivity index (χ0n) is 7.24. The van der Waals surface area contributed by atoms with Crippen molar-refractivity contribution in [2.45, 2.75) is 6.42 Å². The third kappa shape index (κ3) is 2.06. The molecule has 0 saturated carbocycles. The Balaban J connectivity index is 2.33. The van der Waals surface area contributed by atoms with Crippen LogP contribution in [0.25, 0.3) is 9.88 Å².